The van der Waals surface area contributed by atoms with Gasteiger partial charge in [-0.25, -0.2) is 4.98 Å². The van der Waals surface area contributed by atoms with Gasteiger partial charge in [-0.15, -0.1) is 0 Å². The van der Waals surface area contributed by atoms with Gasteiger partial charge in [0.05, 0.1) is 5.69 Å². The molecule has 1 aliphatic rings. The molecule has 2 rings (SSSR count). The maximum atomic E-state index is 5.79. The molecule has 0 amide bonds. The van der Waals surface area contributed by atoms with Crippen LogP contribution in [0.3, 0.4) is 0 Å². The van der Waals surface area contributed by atoms with Crippen molar-refractivity contribution in [2.24, 2.45) is 5.92 Å². The van der Waals surface area contributed by atoms with E-state index in [-0.39, 0.29) is 0 Å². The zero-order valence-electron chi connectivity index (χ0n) is 7.87. The predicted molar refractivity (Wildman–Crippen MR) is 61.8 cm³/mol. The summed E-state index contributed by atoms with van der Waals surface area (Å²) in [6.45, 7) is 2.35. The Morgan fingerprint density at radius 2 is 2.36 bits per heavy atom. The molecule has 0 aliphatic carbocycles. The number of pyridine rings is 1. The number of nitrogens with one attached hydrogen (secondary N) is 1. The first-order valence-electron chi connectivity index (χ1n) is 4.74. The Hall–Kier alpha value is -0.250. The lowest BCUT2D eigenvalue weighted by molar-refractivity contribution is 0.385. The lowest BCUT2D eigenvalue weighted by Crippen LogP contribution is -2.43. The molecular weight excluding hydrogens is 216 g/mol. The molecule has 2 heterocycles. The fraction of sp³-hybridized carbons (Fsp3) is 0.500. The largest absolute Gasteiger partial charge is 0.316 e. The molecule has 14 heavy (non-hydrogen) atoms. The summed E-state index contributed by atoms with van der Waals surface area (Å²) < 4.78 is 0. The quantitative estimate of drug-likeness (QED) is 0.800. The molecule has 2 nitrogen and oxygen atoms in total. The molecule has 1 aromatic heterocycles. The third-order valence-electron chi connectivity index (χ3n) is 2.24. The van der Waals surface area contributed by atoms with Crippen molar-refractivity contribution in [2.75, 3.05) is 18.8 Å². The van der Waals surface area contributed by atoms with E-state index in [2.05, 4.69) is 10.3 Å². The van der Waals surface area contributed by atoms with Crippen molar-refractivity contribution in [2.45, 2.75) is 5.75 Å². The first kappa shape index (κ1) is 10.3. The Morgan fingerprint density at radius 3 is 3.00 bits per heavy atom. The second-order valence-corrected chi connectivity index (χ2v) is 4.91. The summed E-state index contributed by atoms with van der Waals surface area (Å²) in [7, 11) is 0. The second-order valence-electron chi connectivity index (χ2n) is 3.49. The number of halogens is 1. The van der Waals surface area contributed by atoms with Gasteiger partial charge in [0.25, 0.3) is 0 Å². The molecule has 1 fully saturated rings. The third-order valence-corrected chi connectivity index (χ3v) is 3.66. The molecule has 1 saturated heterocycles. The minimum atomic E-state index is 0.591. The zero-order chi connectivity index (χ0) is 9.80. The molecule has 76 valence electrons. The third kappa shape index (κ3) is 2.87. The summed E-state index contributed by atoms with van der Waals surface area (Å²) in [4.78, 5) is 4.24. The summed E-state index contributed by atoms with van der Waals surface area (Å²) in [5, 5.41) is 3.86. The van der Waals surface area contributed by atoms with Crippen LogP contribution in [0.25, 0.3) is 0 Å². The predicted octanol–water partition coefficient (Wildman–Crippen LogP) is 2.19. The first-order chi connectivity index (χ1) is 6.84. The average Bonchev–Trinajstić information content (AvgIpc) is 2.09. The van der Waals surface area contributed by atoms with E-state index in [1.165, 1.54) is 18.8 Å². The van der Waals surface area contributed by atoms with Crippen LogP contribution < -0.4 is 5.32 Å². The van der Waals surface area contributed by atoms with Gasteiger partial charge in [0.15, 0.2) is 0 Å². The van der Waals surface area contributed by atoms with Crippen molar-refractivity contribution < 1.29 is 0 Å². The molecule has 1 aliphatic heterocycles. The summed E-state index contributed by atoms with van der Waals surface area (Å²) in [6, 6.07) is 5.79. The van der Waals surface area contributed by atoms with E-state index in [1.54, 1.807) is 0 Å². The summed E-state index contributed by atoms with van der Waals surface area (Å²) in [6.07, 6.45) is 0. The van der Waals surface area contributed by atoms with Crippen molar-refractivity contribution in [3.63, 3.8) is 0 Å². The maximum Gasteiger partial charge on any atom is 0.129 e. The Labute approximate surface area is 93.4 Å². The van der Waals surface area contributed by atoms with Gasteiger partial charge in [-0.2, -0.15) is 11.8 Å². The van der Waals surface area contributed by atoms with Gasteiger partial charge in [0, 0.05) is 5.75 Å². The number of hydrogen-bond acceptors (Lipinski definition) is 3. The summed E-state index contributed by atoms with van der Waals surface area (Å²) in [5.41, 5.74) is 1.08. The van der Waals surface area contributed by atoms with Gasteiger partial charge in [-0.1, -0.05) is 17.7 Å². The Kier molecular flexibility index (Phi) is 3.67. The number of aromatic nitrogens is 1. The van der Waals surface area contributed by atoms with E-state index in [1.807, 2.05) is 30.0 Å². The van der Waals surface area contributed by atoms with Crippen LogP contribution in [0.4, 0.5) is 0 Å². The highest BCUT2D eigenvalue weighted by atomic mass is 35.5. The van der Waals surface area contributed by atoms with Gasteiger partial charge in [0.1, 0.15) is 5.15 Å². The van der Waals surface area contributed by atoms with E-state index >= 15 is 0 Å². The lowest BCUT2D eigenvalue weighted by Gasteiger charge is -2.26. The average molecular weight is 229 g/mol. The van der Waals surface area contributed by atoms with Crippen LogP contribution in [0.1, 0.15) is 5.69 Å². The van der Waals surface area contributed by atoms with Crippen LogP contribution in [-0.4, -0.2) is 23.8 Å². The van der Waals surface area contributed by atoms with Crippen LogP contribution in [0.2, 0.25) is 5.15 Å². The van der Waals surface area contributed by atoms with E-state index in [4.69, 9.17) is 11.6 Å². The van der Waals surface area contributed by atoms with E-state index in [0.717, 1.165) is 17.4 Å². The molecule has 4 heteroatoms. The molecule has 0 saturated carbocycles. The Morgan fingerprint density at radius 1 is 1.50 bits per heavy atom. The molecule has 0 atom stereocenters. The molecule has 1 N–H and O–H groups in total. The number of hydrogen-bond donors (Lipinski definition) is 1. The molecule has 0 aromatic carbocycles. The highest BCUT2D eigenvalue weighted by Crippen LogP contribution is 2.17. The van der Waals surface area contributed by atoms with Gasteiger partial charge < -0.3 is 5.32 Å². The van der Waals surface area contributed by atoms with Crippen LogP contribution in [0.5, 0.6) is 0 Å². The van der Waals surface area contributed by atoms with Crippen LogP contribution in [0.15, 0.2) is 18.2 Å². The van der Waals surface area contributed by atoms with Gasteiger partial charge in [-0.3, -0.25) is 0 Å². The van der Waals surface area contributed by atoms with Crippen molar-refractivity contribution in [3.8, 4) is 0 Å². The maximum absolute atomic E-state index is 5.79. The van der Waals surface area contributed by atoms with Crippen molar-refractivity contribution >= 4 is 23.4 Å². The highest BCUT2D eigenvalue weighted by Gasteiger charge is 2.15. The van der Waals surface area contributed by atoms with E-state index < -0.39 is 0 Å². The van der Waals surface area contributed by atoms with Gasteiger partial charge >= 0.3 is 0 Å². The zero-order valence-corrected chi connectivity index (χ0v) is 9.44. The van der Waals surface area contributed by atoms with Crippen molar-refractivity contribution in [3.05, 3.63) is 29.0 Å². The monoisotopic (exact) mass is 228 g/mol. The fourth-order valence-corrected chi connectivity index (χ4v) is 2.57. The standard InChI is InChI=1S/C10H13ClN2S/c11-10-3-1-2-9(13-10)7-14-6-8-4-12-5-8/h1-3,8,12H,4-7H2. The van der Waals surface area contributed by atoms with Crippen molar-refractivity contribution in [1.29, 1.82) is 0 Å². The Balaban J connectivity index is 1.74. The van der Waals surface area contributed by atoms with Gasteiger partial charge in [0.2, 0.25) is 0 Å². The molecular formula is C10H13ClN2S. The SMILES string of the molecule is Clc1cccc(CSCC2CNC2)n1. The van der Waals surface area contributed by atoms with Crippen molar-refractivity contribution in [1.82, 2.24) is 10.3 Å². The minimum Gasteiger partial charge on any atom is -0.316 e. The fourth-order valence-electron chi connectivity index (χ4n) is 1.33. The topological polar surface area (TPSA) is 24.9 Å². The van der Waals surface area contributed by atoms with Crippen LogP contribution in [-0.2, 0) is 5.75 Å². The van der Waals surface area contributed by atoms with Crippen LogP contribution >= 0.6 is 23.4 Å². The number of rotatable bonds is 4. The molecule has 0 bridgehead atoms. The first-order valence-corrected chi connectivity index (χ1v) is 6.28. The molecule has 0 unspecified atom stereocenters. The smallest absolute Gasteiger partial charge is 0.129 e. The number of nitrogens with zero attached hydrogens (tertiary/aromatic N) is 1. The van der Waals surface area contributed by atoms with Gasteiger partial charge in [-0.05, 0) is 36.9 Å². The summed E-state index contributed by atoms with van der Waals surface area (Å²) >= 11 is 7.73. The number of thioether (sulfide) groups is 1. The summed E-state index contributed by atoms with van der Waals surface area (Å²) in [5.74, 6) is 3.05. The lowest BCUT2D eigenvalue weighted by atomic mass is 10.1. The highest BCUT2D eigenvalue weighted by molar-refractivity contribution is 7.98. The Bertz CT molecular complexity index is 302. The minimum absolute atomic E-state index is 0.591. The molecule has 1 aromatic rings. The normalized spacial score (nSPS) is 16.6. The molecule has 0 spiro atoms. The second kappa shape index (κ2) is 5.01. The molecule has 0 radical (unpaired) electrons. The van der Waals surface area contributed by atoms with Crippen LogP contribution in [0, 0.1) is 5.92 Å². The van der Waals surface area contributed by atoms with E-state index in [9.17, 15) is 0 Å². The van der Waals surface area contributed by atoms with E-state index in [0.29, 0.717) is 5.15 Å².